The first kappa shape index (κ1) is 13.8. The van der Waals surface area contributed by atoms with E-state index in [-0.39, 0.29) is 11.7 Å². The molecule has 0 bridgehead atoms. The number of hydrogen-bond donors (Lipinski definition) is 3. The zero-order chi connectivity index (χ0) is 13.8. The van der Waals surface area contributed by atoms with Crippen LogP contribution in [-0.2, 0) is 4.79 Å². The second-order valence-corrected chi connectivity index (χ2v) is 4.42. The van der Waals surface area contributed by atoms with Gasteiger partial charge in [0.05, 0.1) is 18.8 Å². The average molecular weight is 268 g/mol. The summed E-state index contributed by atoms with van der Waals surface area (Å²) in [5.41, 5.74) is 0.370. The van der Waals surface area contributed by atoms with Gasteiger partial charge in [0.25, 0.3) is 0 Å². The van der Waals surface area contributed by atoms with Gasteiger partial charge in [-0.25, -0.2) is 4.39 Å². The minimum atomic E-state index is -0.515. The van der Waals surface area contributed by atoms with Crippen molar-refractivity contribution in [2.75, 3.05) is 18.5 Å². The number of aliphatic hydroxyl groups is 1. The maximum absolute atomic E-state index is 13.6. The van der Waals surface area contributed by atoms with Gasteiger partial charge >= 0.3 is 0 Å². The lowest BCUT2D eigenvalue weighted by Gasteiger charge is -2.12. The maximum Gasteiger partial charge on any atom is 0.241 e. The second-order valence-electron chi connectivity index (χ2n) is 4.42. The Morgan fingerprint density at radius 3 is 3.00 bits per heavy atom. The Labute approximate surface area is 110 Å². The third kappa shape index (κ3) is 3.42. The number of aliphatic hydroxyl groups excluding tert-OH is 1. The molecule has 0 saturated carbocycles. The molecule has 1 aliphatic heterocycles. The number of nitrogens with one attached hydrogen (secondary N) is 2. The summed E-state index contributed by atoms with van der Waals surface area (Å²) < 4.78 is 18.7. The van der Waals surface area contributed by atoms with Crippen LogP contribution in [0.25, 0.3) is 0 Å². The molecule has 104 valence electrons. The highest BCUT2D eigenvalue weighted by molar-refractivity contribution is 5.95. The van der Waals surface area contributed by atoms with Crippen LogP contribution in [-0.4, -0.2) is 36.3 Å². The van der Waals surface area contributed by atoms with Crippen molar-refractivity contribution in [3.63, 3.8) is 0 Å². The summed E-state index contributed by atoms with van der Waals surface area (Å²) in [5, 5.41) is 14.8. The van der Waals surface area contributed by atoms with Crippen molar-refractivity contribution in [2.24, 2.45) is 0 Å². The fourth-order valence-corrected chi connectivity index (χ4v) is 2.00. The lowest BCUT2D eigenvalue weighted by atomic mass is 10.2. The third-order valence-corrected chi connectivity index (χ3v) is 2.92. The van der Waals surface area contributed by atoms with Crippen LogP contribution in [0, 0.1) is 5.82 Å². The molecule has 1 aliphatic rings. The zero-order valence-electron chi connectivity index (χ0n) is 10.6. The summed E-state index contributed by atoms with van der Waals surface area (Å²) >= 11 is 0. The Hall–Kier alpha value is -1.66. The van der Waals surface area contributed by atoms with Gasteiger partial charge in [-0.1, -0.05) is 0 Å². The van der Waals surface area contributed by atoms with Crippen molar-refractivity contribution >= 4 is 11.6 Å². The van der Waals surface area contributed by atoms with E-state index in [1.54, 1.807) is 13.0 Å². The van der Waals surface area contributed by atoms with E-state index >= 15 is 0 Å². The van der Waals surface area contributed by atoms with Crippen LogP contribution in [0.5, 0.6) is 5.75 Å². The van der Waals surface area contributed by atoms with Crippen molar-refractivity contribution in [2.45, 2.75) is 25.5 Å². The zero-order valence-corrected chi connectivity index (χ0v) is 10.6. The van der Waals surface area contributed by atoms with Gasteiger partial charge in [-0.15, -0.1) is 0 Å². The normalized spacial score (nSPS) is 22.3. The van der Waals surface area contributed by atoms with Crippen molar-refractivity contribution in [3.05, 3.63) is 24.0 Å². The number of hydrogen-bond acceptors (Lipinski definition) is 4. The average Bonchev–Trinajstić information content (AvgIpc) is 2.80. The van der Waals surface area contributed by atoms with Crippen molar-refractivity contribution < 1.29 is 19.0 Å². The molecule has 1 saturated heterocycles. The molecule has 1 aromatic rings. The van der Waals surface area contributed by atoms with E-state index < -0.39 is 18.0 Å². The van der Waals surface area contributed by atoms with Gasteiger partial charge in [-0.3, -0.25) is 4.79 Å². The molecule has 1 amide bonds. The number of amides is 1. The van der Waals surface area contributed by atoms with Crippen molar-refractivity contribution in [1.29, 1.82) is 0 Å². The number of carbonyl (C=O) groups is 1. The quantitative estimate of drug-likeness (QED) is 0.758. The lowest BCUT2D eigenvalue weighted by Crippen LogP contribution is -2.35. The molecule has 3 N–H and O–H groups in total. The number of halogens is 1. The van der Waals surface area contributed by atoms with Crippen LogP contribution in [0.2, 0.25) is 0 Å². The molecule has 0 aliphatic carbocycles. The maximum atomic E-state index is 13.6. The molecule has 0 aromatic heterocycles. The van der Waals surface area contributed by atoms with Crippen molar-refractivity contribution in [1.82, 2.24) is 5.32 Å². The van der Waals surface area contributed by atoms with Gasteiger partial charge in [0, 0.05) is 18.3 Å². The number of rotatable bonds is 4. The lowest BCUT2D eigenvalue weighted by molar-refractivity contribution is -0.117. The van der Waals surface area contributed by atoms with Gasteiger partial charge in [0.2, 0.25) is 5.91 Å². The molecule has 2 rings (SSSR count). The summed E-state index contributed by atoms with van der Waals surface area (Å²) in [5.74, 6) is -0.630. The predicted octanol–water partition coefficient (Wildman–Crippen LogP) is 0.886. The molecule has 1 fully saturated rings. The van der Waals surface area contributed by atoms with E-state index in [0.717, 1.165) is 0 Å². The highest BCUT2D eigenvalue weighted by Crippen LogP contribution is 2.21. The molecule has 2 unspecified atom stereocenters. The second kappa shape index (κ2) is 5.99. The summed E-state index contributed by atoms with van der Waals surface area (Å²) in [6.45, 7) is 2.55. The highest BCUT2D eigenvalue weighted by Gasteiger charge is 2.28. The van der Waals surface area contributed by atoms with Crippen LogP contribution >= 0.6 is 0 Å². The Bertz CT molecular complexity index is 467. The molecular formula is C13H17FN2O3. The van der Waals surface area contributed by atoms with Crippen LogP contribution in [0.3, 0.4) is 0 Å². The smallest absolute Gasteiger partial charge is 0.241 e. The molecule has 6 heteroatoms. The van der Waals surface area contributed by atoms with Gasteiger partial charge < -0.3 is 20.5 Å². The fourth-order valence-electron chi connectivity index (χ4n) is 2.00. The van der Waals surface area contributed by atoms with Gasteiger partial charge in [-0.2, -0.15) is 0 Å². The number of carbonyl (C=O) groups excluding carboxylic acids is 1. The Morgan fingerprint density at radius 2 is 2.42 bits per heavy atom. The molecule has 1 heterocycles. The molecule has 19 heavy (non-hydrogen) atoms. The summed E-state index contributed by atoms with van der Waals surface area (Å²) in [6.07, 6.45) is -0.140. The first-order chi connectivity index (χ1) is 9.10. The van der Waals surface area contributed by atoms with E-state index in [1.807, 2.05) is 0 Å². The van der Waals surface area contributed by atoms with Crippen molar-refractivity contribution in [3.8, 4) is 5.75 Å². The molecule has 0 spiro atoms. The van der Waals surface area contributed by atoms with Gasteiger partial charge in [-0.05, 0) is 25.5 Å². The molecule has 2 atom stereocenters. The summed E-state index contributed by atoms with van der Waals surface area (Å²) in [4.78, 5) is 11.8. The molecule has 0 radical (unpaired) electrons. The Balaban J connectivity index is 1.99. The van der Waals surface area contributed by atoms with Crippen LogP contribution < -0.4 is 15.4 Å². The third-order valence-electron chi connectivity index (χ3n) is 2.92. The highest BCUT2D eigenvalue weighted by atomic mass is 19.1. The monoisotopic (exact) mass is 268 g/mol. The number of benzene rings is 1. The van der Waals surface area contributed by atoms with Crippen LogP contribution in [0.15, 0.2) is 18.2 Å². The Morgan fingerprint density at radius 1 is 1.63 bits per heavy atom. The first-order valence-electron chi connectivity index (χ1n) is 6.24. The topological polar surface area (TPSA) is 70.6 Å². The molecule has 5 nitrogen and oxygen atoms in total. The van der Waals surface area contributed by atoms with E-state index in [2.05, 4.69) is 10.6 Å². The SMILES string of the molecule is CCOc1ccc(NC(=O)C2CC(O)CN2)cc1F. The number of ether oxygens (including phenoxy) is 1. The molecular weight excluding hydrogens is 251 g/mol. The standard InChI is InChI=1S/C13H17FN2O3/c1-2-19-12-4-3-8(5-10(12)14)16-13(18)11-6-9(17)7-15-11/h3-5,9,11,15,17H,2,6-7H2,1H3,(H,16,18). The van der Waals surface area contributed by atoms with E-state index in [9.17, 15) is 14.3 Å². The Kier molecular flexibility index (Phi) is 4.34. The predicted molar refractivity (Wildman–Crippen MR) is 68.6 cm³/mol. The first-order valence-corrected chi connectivity index (χ1v) is 6.24. The van der Waals surface area contributed by atoms with Crippen LogP contribution in [0.1, 0.15) is 13.3 Å². The minimum absolute atomic E-state index is 0.162. The fraction of sp³-hybridized carbons (Fsp3) is 0.462. The van der Waals surface area contributed by atoms with Gasteiger partial charge in [0.1, 0.15) is 0 Å². The van der Waals surface area contributed by atoms with E-state index in [1.165, 1.54) is 12.1 Å². The minimum Gasteiger partial charge on any atom is -0.491 e. The summed E-state index contributed by atoms with van der Waals surface area (Å²) in [6, 6.07) is 3.83. The number of β-amino-alcohol motifs (C(OH)–C–C–N with tert-alkyl or cyclic N) is 1. The van der Waals surface area contributed by atoms with Crippen LogP contribution in [0.4, 0.5) is 10.1 Å². The van der Waals surface area contributed by atoms with Gasteiger partial charge in [0.15, 0.2) is 11.6 Å². The number of anilines is 1. The largest absolute Gasteiger partial charge is 0.491 e. The molecule has 1 aromatic carbocycles. The van der Waals surface area contributed by atoms with E-state index in [4.69, 9.17) is 4.74 Å². The summed E-state index contributed by atoms with van der Waals surface area (Å²) in [7, 11) is 0. The van der Waals surface area contributed by atoms with E-state index in [0.29, 0.717) is 25.3 Å².